The third-order valence-electron chi connectivity index (χ3n) is 4.42. The summed E-state index contributed by atoms with van der Waals surface area (Å²) in [6, 6.07) is 18.5. The van der Waals surface area contributed by atoms with Gasteiger partial charge in [-0.2, -0.15) is 5.26 Å². The molecule has 0 spiro atoms. The van der Waals surface area contributed by atoms with Gasteiger partial charge in [0.15, 0.2) is 0 Å². The monoisotopic (exact) mass is 292 g/mol. The first-order valence-electron chi connectivity index (χ1n) is 7.69. The minimum Gasteiger partial charge on any atom is -0.497 e. The molecule has 0 amide bonds. The van der Waals surface area contributed by atoms with Gasteiger partial charge in [0.05, 0.1) is 18.7 Å². The number of hydrogen-bond acceptors (Lipinski definition) is 3. The summed E-state index contributed by atoms with van der Waals surface area (Å²) in [5.41, 5.74) is 3.30. The second kappa shape index (κ2) is 6.53. The van der Waals surface area contributed by atoms with Crippen molar-refractivity contribution in [2.24, 2.45) is 0 Å². The molecule has 1 aliphatic heterocycles. The molecule has 1 fully saturated rings. The Bertz CT molecular complexity index is 665. The average Bonchev–Trinajstić information content (AvgIpc) is 2.62. The highest BCUT2D eigenvalue weighted by molar-refractivity contribution is 5.50. The molecule has 1 heterocycles. The average molecular weight is 292 g/mol. The van der Waals surface area contributed by atoms with Crippen molar-refractivity contribution in [3.8, 4) is 11.8 Å². The largest absolute Gasteiger partial charge is 0.497 e. The van der Waals surface area contributed by atoms with E-state index in [0.717, 1.165) is 37.2 Å². The molecular formula is C19H20N2O. The Morgan fingerprint density at radius 2 is 1.82 bits per heavy atom. The molecule has 3 nitrogen and oxygen atoms in total. The molecule has 112 valence electrons. The summed E-state index contributed by atoms with van der Waals surface area (Å²) in [6.45, 7) is 2.10. The first-order chi connectivity index (χ1) is 10.8. The number of hydrogen-bond donors (Lipinski definition) is 0. The fourth-order valence-corrected chi connectivity index (χ4v) is 3.11. The van der Waals surface area contributed by atoms with Gasteiger partial charge in [-0.05, 0) is 60.7 Å². The van der Waals surface area contributed by atoms with Crippen molar-refractivity contribution >= 4 is 5.69 Å². The molecule has 2 aromatic carbocycles. The van der Waals surface area contributed by atoms with E-state index in [-0.39, 0.29) is 0 Å². The lowest BCUT2D eigenvalue weighted by molar-refractivity contribution is 0.412. The summed E-state index contributed by atoms with van der Waals surface area (Å²) in [5.74, 6) is 1.54. The maximum Gasteiger partial charge on any atom is 0.119 e. The molecule has 0 aliphatic carbocycles. The summed E-state index contributed by atoms with van der Waals surface area (Å²) in [4.78, 5) is 2.40. The third kappa shape index (κ3) is 3.07. The van der Waals surface area contributed by atoms with Gasteiger partial charge in [0, 0.05) is 18.8 Å². The Kier molecular flexibility index (Phi) is 4.29. The minimum atomic E-state index is 0.602. The van der Waals surface area contributed by atoms with E-state index in [4.69, 9.17) is 10.00 Å². The molecule has 2 aromatic rings. The topological polar surface area (TPSA) is 36.3 Å². The SMILES string of the molecule is COc1cccc(C2CCN(c3ccc(C#N)cc3)CC2)c1. The standard InChI is InChI=1S/C19H20N2O/c1-22-19-4-2-3-17(13-19)16-9-11-21(12-10-16)18-7-5-15(14-20)6-8-18/h2-8,13,16H,9-12H2,1H3. The minimum absolute atomic E-state index is 0.602. The zero-order valence-electron chi connectivity index (χ0n) is 12.8. The van der Waals surface area contributed by atoms with Gasteiger partial charge in [0.2, 0.25) is 0 Å². The van der Waals surface area contributed by atoms with E-state index >= 15 is 0 Å². The van der Waals surface area contributed by atoms with Crippen molar-refractivity contribution in [3.05, 3.63) is 59.7 Å². The number of piperidine rings is 1. The fraction of sp³-hybridized carbons (Fsp3) is 0.316. The van der Waals surface area contributed by atoms with Gasteiger partial charge in [-0.1, -0.05) is 12.1 Å². The third-order valence-corrected chi connectivity index (χ3v) is 4.42. The molecule has 1 saturated heterocycles. The van der Waals surface area contributed by atoms with Crippen LogP contribution in [0.25, 0.3) is 0 Å². The second-order valence-electron chi connectivity index (χ2n) is 5.70. The van der Waals surface area contributed by atoms with Crippen LogP contribution in [0.5, 0.6) is 5.75 Å². The lowest BCUT2D eigenvalue weighted by atomic mass is 9.89. The van der Waals surface area contributed by atoms with Crippen LogP contribution in [0.2, 0.25) is 0 Å². The predicted octanol–water partition coefficient (Wildman–Crippen LogP) is 3.95. The molecule has 0 atom stereocenters. The van der Waals surface area contributed by atoms with E-state index in [1.807, 2.05) is 30.3 Å². The van der Waals surface area contributed by atoms with E-state index in [2.05, 4.69) is 29.2 Å². The number of rotatable bonds is 3. The van der Waals surface area contributed by atoms with Crippen LogP contribution in [0.1, 0.15) is 29.9 Å². The maximum atomic E-state index is 8.87. The van der Waals surface area contributed by atoms with Crippen LogP contribution in [-0.4, -0.2) is 20.2 Å². The number of nitrogens with zero attached hydrogens (tertiary/aromatic N) is 2. The molecule has 1 aliphatic rings. The predicted molar refractivity (Wildman–Crippen MR) is 88.3 cm³/mol. The molecule has 0 bridgehead atoms. The van der Waals surface area contributed by atoms with E-state index < -0.39 is 0 Å². The van der Waals surface area contributed by atoms with Crippen molar-refractivity contribution in [1.82, 2.24) is 0 Å². The van der Waals surface area contributed by atoms with Crippen molar-refractivity contribution in [2.75, 3.05) is 25.1 Å². The van der Waals surface area contributed by atoms with Crippen LogP contribution in [0.15, 0.2) is 48.5 Å². The highest BCUT2D eigenvalue weighted by atomic mass is 16.5. The number of nitriles is 1. The number of anilines is 1. The quantitative estimate of drug-likeness (QED) is 0.859. The Hall–Kier alpha value is -2.47. The van der Waals surface area contributed by atoms with Crippen molar-refractivity contribution in [1.29, 1.82) is 5.26 Å². The molecule has 22 heavy (non-hydrogen) atoms. The van der Waals surface area contributed by atoms with Crippen LogP contribution in [0.3, 0.4) is 0 Å². The van der Waals surface area contributed by atoms with Crippen molar-refractivity contribution in [2.45, 2.75) is 18.8 Å². The van der Waals surface area contributed by atoms with Gasteiger partial charge in [0.1, 0.15) is 5.75 Å². The van der Waals surface area contributed by atoms with Crippen LogP contribution in [0.4, 0.5) is 5.69 Å². The first-order valence-corrected chi connectivity index (χ1v) is 7.69. The summed E-state index contributed by atoms with van der Waals surface area (Å²) >= 11 is 0. The lowest BCUT2D eigenvalue weighted by Crippen LogP contribution is -2.32. The number of ether oxygens (including phenoxy) is 1. The van der Waals surface area contributed by atoms with E-state index in [1.54, 1.807) is 7.11 Å². The lowest BCUT2D eigenvalue weighted by Gasteiger charge is -2.34. The van der Waals surface area contributed by atoms with Gasteiger partial charge in [-0.15, -0.1) is 0 Å². The Morgan fingerprint density at radius 1 is 1.09 bits per heavy atom. The molecule has 0 radical (unpaired) electrons. The molecule has 3 heteroatoms. The molecule has 0 aromatic heterocycles. The molecule has 0 N–H and O–H groups in total. The zero-order valence-corrected chi connectivity index (χ0v) is 12.8. The molecule has 3 rings (SSSR count). The van der Waals surface area contributed by atoms with Gasteiger partial charge < -0.3 is 9.64 Å². The highest BCUT2D eigenvalue weighted by Gasteiger charge is 2.21. The van der Waals surface area contributed by atoms with Gasteiger partial charge >= 0.3 is 0 Å². The zero-order chi connectivity index (χ0) is 15.4. The Morgan fingerprint density at radius 3 is 2.45 bits per heavy atom. The van der Waals surface area contributed by atoms with E-state index in [1.165, 1.54) is 11.3 Å². The van der Waals surface area contributed by atoms with Crippen LogP contribution in [0, 0.1) is 11.3 Å². The summed E-state index contributed by atoms with van der Waals surface area (Å²) < 4.78 is 5.32. The smallest absolute Gasteiger partial charge is 0.119 e. The first kappa shape index (κ1) is 14.5. The fourth-order valence-electron chi connectivity index (χ4n) is 3.11. The van der Waals surface area contributed by atoms with Gasteiger partial charge in [0.25, 0.3) is 0 Å². The van der Waals surface area contributed by atoms with Crippen LogP contribution >= 0.6 is 0 Å². The molecule has 0 saturated carbocycles. The van der Waals surface area contributed by atoms with E-state index in [0.29, 0.717) is 5.92 Å². The van der Waals surface area contributed by atoms with Crippen molar-refractivity contribution < 1.29 is 4.74 Å². The summed E-state index contributed by atoms with van der Waals surface area (Å²) in [5, 5.41) is 8.87. The molecular weight excluding hydrogens is 272 g/mol. The van der Waals surface area contributed by atoms with Crippen LogP contribution in [-0.2, 0) is 0 Å². The number of benzene rings is 2. The van der Waals surface area contributed by atoms with Gasteiger partial charge in [-0.25, -0.2) is 0 Å². The highest BCUT2D eigenvalue weighted by Crippen LogP contribution is 2.32. The maximum absolute atomic E-state index is 8.87. The summed E-state index contributed by atoms with van der Waals surface area (Å²) in [7, 11) is 1.71. The molecule has 0 unspecified atom stereocenters. The van der Waals surface area contributed by atoms with Gasteiger partial charge in [-0.3, -0.25) is 0 Å². The van der Waals surface area contributed by atoms with Crippen molar-refractivity contribution in [3.63, 3.8) is 0 Å². The number of methoxy groups -OCH3 is 1. The second-order valence-corrected chi connectivity index (χ2v) is 5.70. The Balaban J connectivity index is 1.65. The van der Waals surface area contributed by atoms with E-state index in [9.17, 15) is 0 Å². The Labute approximate surface area is 131 Å². The van der Waals surface area contributed by atoms with Crippen LogP contribution < -0.4 is 9.64 Å². The summed E-state index contributed by atoms with van der Waals surface area (Å²) in [6.07, 6.45) is 2.29. The normalized spacial score (nSPS) is 15.4.